The summed E-state index contributed by atoms with van der Waals surface area (Å²) in [6, 6.07) is 6.47. The number of rotatable bonds is 7. The molecular formula is C18H24N2O6. The first-order valence-electron chi connectivity index (χ1n) is 8.27. The lowest BCUT2D eigenvalue weighted by molar-refractivity contribution is -0.0495. The molecule has 1 aliphatic heterocycles. The van der Waals surface area contributed by atoms with Gasteiger partial charge in [-0.05, 0) is 32.9 Å². The van der Waals surface area contributed by atoms with Gasteiger partial charge in [0.1, 0.15) is 6.61 Å². The van der Waals surface area contributed by atoms with Crippen LogP contribution in [0.25, 0.3) is 0 Å². The van der Waals surface area contributed by atoms with Crippen molar-refractivity contribution in [1.82, 2.24) is 10.2 Å². The first kappa shape index (κ1) is 19.9. The van der Waals surface area contributed by atoms with E-state index < -0.39 is 29.7 Å². The fourth-order valence-corrected chi connectivity index (χ4v) is 2.42. The summed E-state index contributed by atoms with van der Waals surface area (Å²) >= 11 is 0. The van der Waals surface area contributed by atoms with E-state index in [2.05, 4.69) is 5.32 Å². The van der Waals surface area contributed by atoms with E-state index in [-0.39, 0.29) is 24.3 Å². The zero-order valence-corrected chi connectivity index (χ0v) is 15.4. The lowest BCUT2D eigenvalue weighted by atomic mass is 10.1. The van der Waals surface area contributed by atoms with Gasteiger partial charge in [-0.25, -0.2) is 9.69 Å². The highest BCUT2D eigenvalue weighted by molar-refractivity contribution is 6.21. The molecular weight excluding hydrogens is 340 g/mol. The number of amides is 3. The Bertz CT molecular complexity index is 648. The molecule has 0 aromatic heterocycles. The van der Waals surface area contributed by atoms with Crippen LogP contribution >= 0.6 is 0 Å². The van der Waals surface area contributed by atoms with Crippen LogP contribution in [0.3, 0.4) is 0 Å². The van der Waals surface area contributed by atoms with E-state index >= 15 is 0 Å². The maximum absolute atomic E-state index is 12.6. The van der Waals surface area contributed by atoms with E-state index in [1.807, 2.05) is 0 Å². The zero-order chi connectivity index (χ0) is 19.3. The van der Waals surface area contributed by atoms with E-state index in [0.29, 0.717) is 6.61 Å². The predicted octanol–water partition coefficient (Wildman–Crippen LogP) is 1.80. The van der Waals surface area contributed by atoms with Crippen LogP contribution in [-0.2, 0) is 14.2 Å². The van der Waals surface area contributed by atoms with E-state index in [9.17, 15) is 14.4 Å². The van der Waals surface area contributed by atoms with Gasteiger partial charge in [-0.1, -0.05) is 12.1 Å². The Kier molecular flexibility index (Phi) is 6.33. The van der Waals surface area contributed by atoms with Crippen molar-refractivity contribution in [3.05, 3.63) is 35.4 Å². The summed E-state index contributed by atoms with van der Waals surface area (Å²) < 4.78 is 15.6. The van der Waals surface area contributed by atoms with E-state index in [1.54, 1.807) is 45.0 Å². The fraction of sp³-hybridized carbons (Fsp3) is 0.500. The molecule has 1 aromatic rings. The Balaban J connectivity index is 2.16. The number of imide groups is 1. The Morgan fingerprint density at radius 1 is 1.12 bits per heavy atom. The van der Waals surface area contributed by atoms with Crippen molar-refractivity contribution in [1.29, 1.82) is 0 Å². The number of hydrogen-bond acceptors (Lipinski definition) is 6. The summed E-state index contributed by atoms with van der Waals surface area (Å²) in [5.74, 6) is -1.04. The molecule has 8 heteroatoms. The van der Waals surface area contributed by atoms with Crippen molar-refractivity contribution in [2.24, 2.45) is 0 Å². The molecule has 0 fully saturated rings. The molecule has 1 aromatic carbocycles. The number of nitrogens with zero attached hydrogens (tertiary/aromatic N) is 1. The third kappa shape index (κ3) is 4.80. The second-order valence-corrected chi connectivity index (χ2v) is 6.83. The average molecular weight is 364 g/mol. The quantitative estimate of drug-likeness (QED) is 0.586. The van der Waals surface area contributed by atoms with Gasteiger partial charge in [0, 0.05) is 12.6 Å². The third-order valence-corrected chi connectivity index (χ3v) is 3.53. The fourth-order valence-electron chi connectivity index (χ4n) is 2.42. The molecule has 1 atom stereocenters. The van der Waals surface area contributed by atoms with Crippen molar-refractivity contribution in [3.8, 4) is 0 Å². The Morgan fingerprint density at radius 2 is 1.69 bits per heavy atom. The summed E-state index contributed by atoms with van der Waals surface area (Å²) in [5, 5.41) is 2.63. The molecule has 0 saturated heterocycles. The molecule has 0 radical (unpaired) electrons. The molecule has 1 aliphatic rings. The average Bonchev–Trinajstić information content (AvgIpc) is 2.81. The maximum Gasteiger partial charge on any atom is 0.409 e. The lowest BCUT2D eigenvalue weighted by Gasteiger charge is -2.28. The summed E-state index contributed by atoms with van der Waals surface area (Å²) in [6.07, 6.45) is -1.92. The van der Waals surface area contributed by atoms with Gasteiger partial charge in [0.15, 0.2) is 0 Å². The second kappa shape index (κ2) is 8.29. The van der Waals surface area contributed by atoms with E-state index in [4.69, 9.17) is 14.2 Å². The van der Waals surface area contributed by atoms with Gasteiger partial charge >= 0.3 is 6.09 Å². The smallest absolute Gasteiger partial charge is 0.409 e. The number of benzene rings is 1. The molecule has 26 heavy (non-hydrogen) atoms. The first-order chi connectivity index (χ1) is 12.2. The van der Waals surface area contributed by atoms with Gasteiger partial charge < -0.3 is 19.5 Å². The Hall–Kier alpha value is -2.45. The van der Waals surface area contributed by atoms with Gasteiger partial charge in [-0.15, -0.1) is 0 Å². The van der Waals surface area contributed by atoms with E-state index in [0.717, 1.165) is 4.90 Å². The number of fused-ring (bicyclic) bond motifs is 1. The van der Waals surface area contributed by atoms with Crippen LogP contribution in [0.1, 0.15) is 41.5 Å². The van der Waals surface area contributed by atoms with Crippen LogP contribution in [0.2, 0.25) is 0 Å². The highest BCUT2D eigenvalue weighted by Crippen LogP contribution is 2.25. The highest BCUT2D eigenvalue weighted by Gasteiger charge is 2.41. The van der Waals surface area contributed by atoms with Crippen LogP contribution in [0.4, 0.5) is 4.79 Å². The first-order valence-corrected chi connectivity index (χ1v) is 8.27. The van der Waals surface area contributed by atoms with Gasteiger partial charge in [0.25, 0.3) is 11.8 Å². The molecule has 1 N–H and O–H groups in total. The monoisotopic (exact) mass is 364 g/mol. The van der Waals surface area contributed by atoms with Crippen LogP contribution in [0.15, 0.2) is 24.3 Å². The Labute approximate surface area is 152 Å². The molecule has 1 heterocycles. The molecule has 8 nitrogen and oxygen atoms in total. The summed E-state index contributed by atoms with van der Waals surface area (Å²) in [7, 11) is 1.53. The van der Waals surface area contributed by atoms with Crippen molar-refractivity contribution in [2.75, 3.05) is 26.9 Å². The maximum atomic E-state index is 12.6. The zero-order valence-electron chi connectivity index (χ0n) is 15.4. The molecule has 0 bridgehead atoms. The number of hydrogen-bond donors (Lipinski definition) is 1. The number of carbonyl (C=O) groups is 3. The molecule has 2 rings (SSSR count). The molecule has 0 saturated carbocycles. The van der Waals surface area contributed by atoms with Crippen LogP contribution in [0, 0.1) is 0 Å². The SMILES string of the molecule is COCCOCC(OC(=O)NC(C)(C)C)N1C(=O)c2ccccc2C1=O. The Morgan fingerprint density at radius 3 is 2.19 bits per heavy atom. The number of nitrogens with one attached hydrogen (secondary N) is 1. The molecule has 142 valence electrons. The van der Waals surface area contributed by atoms with Gasteiger partial charge in [-0.3, -0.25) is 9.59 Å². The van der Waals surface area contributed by atoms with Gasteiger partial charge in [-0.2, -0.15) is 0 Å². The van der Waals surface area contributed by atoms with Crippen molar-refractivity contribution in [2.45, 2.75) is 32.5 Å². The number of carbonyl (C=O) groups excluding carboxylic acids is 3. The minimum absolute atomic E-state index is 0.146. The largest absolute Gasteiger partial charge is 0.422 e. The number of alkyl carbamates (subject to hydrolysis) is 1. The highest BCUT2D eigenvalue weighted by atomic mass is 16.6. The molecule has 0 aliphatic carbocycles. The van der Waals surface area contributed by atoms with Crippen molar-refractivity contribution in [3.63, 3.8) is 0 Å². The number of ether oxygens (including phenoxy) is 3. The van der Waals surface area contributed by atoms with Crippen LogP contribution in [0.5, 0.6) is 0 Å². The van der Waals surface area contributed by atoms with Crippen molar-refractivity contribution < 1.29 is 28.6 Å². The normalized spacial score (nSPS) is 15.0. The van der Waals surface area contributed by atoms with Crippen LogP contribution in [-0.4, -0.2) is 61.5 Å². The molecule has 3 amide bonds. The minimum Gasteiger partial charge on any atom is -0.422 e. The summed E-state index contributed by atoms with van der Waals surface area (Å²) in [4.78, 5) is 38.3. The standard InChI is InChI=1S/C18H24N2O6/c1-18(2,3)19-17(23)26-14(11-25-10-9-24-4)20-15(21)12-7-5-6-8-13(12)16(20)22/h5-8,14H,9-11H2,1-4H3,(H,19,23). The minimum atomic E-state index is -1.18. The van der Waals surface area contributed by atoms with Gasteiger partial charge in [0.05, 0.1) is 24.3 Å². The topological polar surface area (TPSA) is 94.2 Å². The van der Waals surface area contributed by atoms with Crippen LogP contribution < -0.4 is 5.32 Å². The summed E-state index contributed by atoms with van der Waals surface area (Å²) in [5.41, 5.74) is 0.0269. The van der Waals surface area contributed by atoms with Gasteiger partial charge in [0.2, 0.25) is 6.23 Å². The second-order valence-electron chi connectivity index (χ2n) is 6.83. The van der Waals surface area contributed by atoms with E-state index in [1.165, 1.54) is 7.11 Å². The summed E-state index contributed by atoms with van der Waals surface area (Å²) in [6.45, 7) is 5.80. The third-order valence-electron chi connectivity index (χ3n) is 3.53. The lowest BCUT2D eigenvalue weighted by Crippen LogP contribution is -2.49. The van der Waals surface area contributed by atoms with Crippen molar-refractivity contribution >= 4 is 17.9 Å². The predicted molar refractivity (Wildman–Crippen MR) is 92.8 cm³/mol. The number of methoxy groups -OCH3 is 1. The molecule has 0 spiro atoms. The molecule has 1 unspecified atom stereocenters.